The minimum atomic E-state index is -0.847. The van der Waals surface area contributed by atoms with Crippen molar-refractivity contribution >= 4 is 29.2 Å². The number of amides is 1. The maximum absolute atomic E-state index is 12.0. The minimum absolute atomic E-state index is 0.0353. The topological polar surface area (TPSA) is 77.5 Å². The first-order valence-corrected chi connectivity index (χ1v) is 8.89. The number of pyridine rings is 1. The van der Waals surface area contributed by atoms with E-state index in [-0.39, 0.29) is 10.6 Å². The summed E-state index contributed by atoms with van der Waals surface area (Å²) in [6, 6.07) is 10.8. The average Bonchev–Trinajstić information content (AvgIpc) is 2.61. The fraction of sp³-hybridized carbons (Fsp3) is 0.350. The zero-order chi connectivity index (χ0) is 20.0. The monoisotopic (exact) mass is 390 g/mol. The second-order valence-corrected chi connectivity index (χ2v) is 7.39. The van der Waals surface area contributed by atoms with Crippen LogP contribution in [0.4, 0.5) is 5.69 Å². The van der Waals surface area contributed by atoms with Crippen LogP contribution in [0.2, 0.25) is 5.15 Å². The number of esters is 1. The van der Waals surface area contributed by atoms with Crippen LogP contribution in [0.3, 0.4) is 0 Å². The molecule has 0 saturated carbocycles. The number of ether oxygens (including phenoxy) is 2. The average molecular weight is 391 g/mol. The molecule has 2 rings (SSSR count). The van der Waals surface area contributed by atoms with E-state index >= 15 is 0 Å². The Hall–Kier alpha value is -2.60. The summed E-state index contributed by atoms with van der Waals surface area (Å²) in [5.74, 6) is -0.596. The third-order valence-corrected chi connectivity index (χ3v) is 4.05. The highest BCUT2D eigenvalue weighted by Crippen LogP contribution is 2.24. The summed E-state index contributed by atoms with van der Waals surface area (Å²) in [6.45, 7) is 7.47. The Morgan fingerprint density at radius 3 is 2.44 bits per heavy atom. The number of carbonyl (C=O) groups is 2. The fourth-order valence-corrected chi connectivity index (χ4v) is 2.37. The highest BCUT2D eigenvalue weighted by molar-refractivity contribution is 6.32. The molecule has 7 heteroatoms. The van der Waals surface area contributed by atoms with Crippen LogP contribution in [-0.4, -0.2) is 29.6 Å². The number of carbonyl (C=O) groups excluding carboxylic acids is 2. The van der Waals surface area contributed by atoms with Gasteiger partial charge in [0.2, 0.25) is 0 Å². The van der Waals surface area contributed by atoms with E-state index in [1.807, 2.05) is 24.3 Å². The van der Waals surface area contributed by atoms with Crippen LogP contribution < -0.4 is 10.1 Å². The van der Waals surface area contributed by atoms with Crippen LogP contribution in [0, 0.1) is 0 Å². The Labute approximate surface area is 163 Å². The van der Waals surface area contributed by atoms with Crippen molar-refractivity contribution < 1.29 is 19.1 Å². The van der Waals surface area contributed by atoms with E-state index in [2.05, 4.69) is 31.1 Å². The number of aromatic nitrogens is 1. The zero-order valence-corrected chi connectivity index (χ0v) is 16.5. The summed E-state index contributed by atoms with van der Waals surface area (Å²) in [6.07, 6.45) is 0.658. The van der Waals surface area contributed by atoms with Gasteiger partial charge in [-0.1, -0.05) is 44.5 Å². The number of nitrogens with zero attached hydrogens (tertiary/aromatic N) is 1. The third-order valence-electron chi connectivity index (χ3n) is 3.74. The number of hydrogen-bond acceptors (Lipinski definition) is 5. The fourth-order valence-electron chi connectivity index (χ4n) is 2.21. The molecule has 0 fully saturated rings. The molecule has 0 aliphatic heterocycles. The Balaban J connectivity index is 1.83. The van der Waals surface area contributed by atoms with Crippen LogP contribution in [0.15, 0.2) is 42.6 Å². The molecule has 1 heterocycles. The molecule has 1 N–H and O–H groups in total. The van der Waals surface area contributed by atoms with Crippen LogP contribution in [0.5, 0.6) is 5.75 Å². The Morgan fingerprint density at radius 1 is 1.19 bits per heavy atom. The van der Waals surface area contributed by atoms with Crippen molar-refractivity contribution in [3.8, 4) is 5.75 Å². The van der Waals surface area contributed by atoms with E-state index in [1.165, 1.54) is 6.20 Å². The molecule has 1 atom stereocenters. The van der Waals surface area contributed by atoms with Crippen LogP contribution >= 0.6 is 11.6 Å². The van der Waals surface area contributed by atoms with E-state index in [0.29, 0.717) is 11.4 Å². The van der Waals surface area contributed by atoms with Crippen LogP contribution in [0.1, 0.15) is 33.3 Å². The molecule has 1 aromatic heterocycles. The molecule has 1 aromatic carbocycles. The number of nitrogens with one attached hydrogen (secondary N) is 1. The minimum Gasteiger partial charge on any atom is -0.479 e. The van der Waals surface area contributed by atoms with E-state index in [4.69, 9.17) is 21.1 Å². The van der Waals surface area contributed by atoms with Gasteiger partial charge in [0.15, 0.2) is 17.9 Å². The van der Waals surface area contributed by atoms with Gasteiger partial charge in [0.1, 0.15) is 5.75 Å². The molecule has 6 nitrogen and oxygen atoms in total. The molecular formula is C20H23ClN2O4. The number of halogens is 1. The molecule has 2 aromatic rings. The first kappa shape index (κ1) is 20.7. The number of anilines is 1. The van der Waals surface area contributed by atoms with E-state index in [9.17, 15) is 9.59 Å². The van der Waals surface area contributed by atoms with Gasteiger partial charge in [-0.15, -0.1) is 0 Å². The molecule has 27 heavy (non-hydrogen) atoms. The van der Waals surface area contributed by atoms with Gasteiger partial charge in [0.05, 0.1) is 5.69 Å². The van der Waals surface area contributed by atoms with Gasteiger partial charge in [-0.3, -0.25) is 4.79 Å². The highest BCUT2D eigenvalue weighted by Gasteiger charge is 2.19. The van der Waals surface area contributed by atoms with Crippen LogP contribution in [-0.2, 0) is 19.7 Å². The van der Waals surface area contributed by atoms with Gasteiger partial charge >= 0.3 is 5.97 Å². The standard InChI is InChI=1S/C20H23ClN2O4/c1-13(27-15-9-7-14(8-10-15)20(2,3)4)19(25)26-12-17(24)23-16-6-5-11-22-18(16)21/h5-11,13H,12H2,1-4H3,(H,23,24)/t13-/m1/s1. The van der Waals surface area contributed by atoms with Crippen molar-refractivity contribution in [2.75, 3.05) is 11.9 Å². The highest BCUT2D eigenvalue weighted by atomic mass is 35.5. The molecule has 0 aliphatic carbocycles. The molecule has 0 radical (unpaired) electrons. The van der Waals surface area contributed by atoms with Gasteiger partial charge in [-0.25, -0.2) is 9.78 Å². The molecule has 144 valence electrons. The molecule has 0 bridgehead atoms. The van der Waals surface area contributed by atoms with Crippen molar-refractivity contribution in [2.45, 2.75) is 39.2 Å². The van der Waals surface area contributed by atoms with Gasteiger partial charge in [-0.05, 0) is 42.2 Å². The van der Waals surface area contributed by atoms with Crippen LogP contribution in [0.25, 0.3) is 0 Å². The Morgan fingerprint density at radius 2 is 1.85 bits per heavy atom. The lowest BCUT2D eigenvalue weighted by Gasteiger charge is -2.20. The first-order chi connectivity index (χ1) is 12.7. The van der Waals surface area contributed by atoms with Crippen molar-refractivity contribution in [1.82, 2.24) is 4.98 Å². The van der Waals surface area contributed by atoms with Gasteiger partial charge in [0, 0.05) is 6.20 Å². The summed E-state index contributed by atoms with van der Waals surface area (Å²) >= 11 is 5.86. The Kier molecular flexibility index (Phi) is 6.80. The Bertz CT molecular complexity index is 800. The lowest BCUT2D eigenvalue weighted by atomic mass is 9.87. The van der Waals surface area contributed by atoms with E-state index < -0.39 is 24.6 Å². The van der Waals surface area contributed by atoms with Gasteiger partial charge in [0.25, 0.3) is 5.91 Å². The predicted octanol–water partition coefficient (Wildman–Crippen LogP) is 3.98. The van der Waals surface area contributed by atoms with Crippen molar-refractivity contribution in [3.63, 3.8) is 0 Å². The van der Waals surface area contributed by atoms with E-state index in [0.717, 1.165) is 5.56 Å². The van der Waals surface area contributed by atoms with Crippen molar-refractivity contribution in [2.24, 2.45) is 0 Å². The summed E-state index contributed by atoms with van der Waals surface area (Å²) < 4.78 is 10.6. The summed E-state index contributed by atoms with van der Waals surface area (Å²) in [5, 5.41) is 2.68. The number of benzene rings is 1. The molecular weight excluding hydrogens is 368 g/mol. The quantitative estimate of drug-likeness (QED) is 0.596. The lowest BCUT2D eigenvalue weighted by molar-refractivity contribution is -0.153. The molecule has 0 spiro atoms. The SMILES string of the molecule is C[C@@H](Oc1ccc(C(C)(C)C)cc1)C(=O)OCC(=O)Nc1cccnc1Cl. The predicted molar refractivity (Wildman–Crippen MR) is 104 cm³/mol. The molecule has 0 saturated heterocycles. The number of hydrogen-bond donors (Lipinski definition) is 1. The molecule has 1 amide bonds. The maximum atomic E-state index is 12.0. The normalized spacial score (nSPS) is 12.2. The van der Waals surface area contributed by atoms with Crippen molar-refractivity contribution in [3.05, 3.63) is 53.3 Å². The molecule has 0 aliphatic rings. The third kappa shape index (κ3) is 6.25. The zero-order valence-electron chi connectivity index (χ0n) is 15.8. The first-order valence-electron chi connectivity index (χ1n) is 8.51. The second-order valence-electron chi connectivity index (χ2n) is 7.03. The lowest BCUT2D eigenvalue weighted by Crippen LogP contribution is -2.29. The smallest absolute Gasteiger partial charge is 0.347 e. The molecule has 0 unspecified atom stereocenters. The van der Waals surface area contributed by atoms with Gasteiger partial charge < -0.3 is 14.8 Å². The summed E-state index contributed by atoms with van der Waals surface area (Å²) in [4.78, 5) is 27.7. The van der Waals surface area contributed by atoms with Crippen molar-refractivity contribution in [1.29, 1.82) is 0 Å². The largest absolute Gasteiger partial charge is 0.479 e. The van der Waals surface area contributed by atoms with E-state index in [1.54, 1.807) is 19.1 Å². The summed E-state index contributed by atoms with van der Waals surface area (Å²) in [5.41, 5.74) is 1.55. The maximum Gasteiger partial charge on any atom is 0.347 e. The van der Waals surface area contributed by atoms with Gasteiger partial charge in [-0.2, -0.15) is 0 Å². The number of rotatable bonds is 6. The summed E-state index contributed by atoms with van der Waals surface area (Å²) in [7, 11) is 0. The second kappa shape index (κ2) is 8.86.